The molecule has 8 heteroatoms. The lowest BCUT2D eigenvalue weighted by molar-refractivity contribution is 0.0697. The summed E-state index contributed by atoms with van der Waals surface area (Å²) in [4.78, 5) is 14.7. The lowest BCUT2D eigenvalue weighted by Gasteiger charge is -2.13. The molecule has 100 valence electrons. The van der Waals surface area contributed by atoms with Crippen molar-refractivity contribution < 1.29 is 18.3 Å². The van der Waals surface area contributed by atoms with E-state index in [4.69, 9.17) is 16.7 Å². The molecule has 0 aliphatic heterocycles. The zero-order valence-corrected chi connectivity index (χ0v) is 11.4. The van der Waals surface area contributed by atoms with Crippen LogP contribution < -0.4 is 5.32 Å². The van der Waals surface area contributed by atoms with E-state index in [-0.39, 0.29) is 28.2 Å². The second kappa shape index (κ2) is 5.53. The van der Waals surface area contributed by atoms with Crippen LogP contribution >= 0.6 is 11.6 Å². The third-order valence-corrected chi connectivity index (χ3v) is 3.44. The molecule has 18 heavy (non-hydrogen) atoms. The highest BCUT2D eigenvalue weighted by Crippen LogP contribution is 2.18. The van der Waals surface area contributed by atoms with Gasteiger partial charge in [-0.15, -0.1) is 0 Å². The van der Waals surface area contributed by atoms with Crippen LogP contribution in [0.2, 0.25) is 5.02 Å². The van der Waals surface area contributed by atoms with Crippen LogP contribution in [0.5, 0.6) is 0 Å². The molecule has 0 spiro atoms. The van der Waals surface area contributed by atoms with Crippen LogP contribution in [0.3, 0.4) is 0 Å². The zero-order valence-electron chi connectivity index (χ0n) is 9.84. The Kier molecular flexibility index (Phi) is 4.53. The van der Waals surface area contributed by atoms with Gasteiger partial charge in [-0.2, -0.15) is 0 Å². The van der Waals surface area contributed by atoms with E-state index in [1.54, 1.807) is 6.92 Å². The standard InChI is InChI=1S/C10H13ClN2O4S/c1-6(5-18(2,16)17)13-9-3-7(10(14)15)8(11)4-12-9/h3-4,6H,5H2,1-2H3,(H,12,13)(H,14,15). The van der Waals surface area contributed by atoms with Gasteiger partial charge in [-0.1, -0.05) is 11.6 Å². The second-order valence-electron chi connectivity index (χ2n) is 3.99. The summed E-state index contributed by atoms with van der Waals surface area (Å²) in [5, 5.41) is 11.7. The number of aromatic carboxylic acids is 1. The van der Waals surface area contributed by atoms with E-state index in [0.29, 0.717) is 0 Å². The molecule has 0 saturated carbocycles. The summed E-state index contributed by atoms with van der Waals surface area (Å²) in [6.45, 7) is 1.66. The largest absolute Gasteiger partial charge is 0.478 e. The maximum absolute atomic E-state index is 11.1. The fourth-order valence-corrected chi connectivity index (χ4v) is 2.61. The summed E-state index contributed by atoms with van der Waals surface area (Å²) < 4.78 is 22.2. The lowest BCUT2D eigenvalue weighted by atomic mass is 10.2. The number of hydrogen-bond donors (Lipinski definition) is 2. The van der Waals surface area contributed by atoms with Gasteiger partial charge in [-0.3, -0.25) is 0 Å². The van der Waals surface area contributed by atoms with Crippen molar-refractivity contribution in [1.29, 1.82) is 0 Å². The average molecular weight is 293 g/mol. The molecule has 1 heterocycles. The molecule has 1 rings (SSSR count). The summed E-state index contributed by atoms with van der Waals surface area (Å²) in [7, 11) is -3.11. The predicted molar refractivity (Wildman–Crippen MR) is 69.0 cm³/mol. The molecule has 0 radical (unpaired) electrons. The van der Waals surface area contributed by atoms with Gasteiger partial charge >= 0.3 is 5.97 Å². The Morgan fingerprint density at radius 3 is 2.72 bits per heavy atom. The molecule has 0 aliphatic carbocycles. The number of carboxylic acids is 1. The van der Waals surface area contributed by atoms with E-state index in [2.05, 4.69) is 10.3 Å². The van der Waals surface area contributed by atoms with Crippen LogP contribution in [0.1, 0.15) is 17.3 Å². The Balaban J connectivity index is 2.86. The first-order valence-electron chi connectivity index (χ1n) is 5.02. The zero-order chi connectivity index (χ0) is 13.9. The topological polar surface area (TPSA) is 96.4 Å². The third kappa shape index (κ3) is 4.50. The molecule has 0 saturated heterocycles. The van der Waals surface area contributed by atoms with Gasteiger partial charge in [-0.05, 0) is 13.0 Å². The molecule has 0 aromatic carbocycles. The second-order valence-corrected chi connectivity index (χ2v) is 6.58. The van der Waals surface area contributed by atoms with Crippen LogP contribution in [0, 0.1) is 0 Å². The predicted octanol–water partition coefficient (Wildman–Crippen LogP) is 1.28. The van der Waals surface area contributed by atoms with Crippen molar-refractivity contribution >= 4 is 33.2 Å². The molecule has 6 nitrogen and oxygen atoms in total. The first kappa shape index (κ1) is 14.7. The number of nitrogens with one attached hydrogen (secondary N) is 1. The number of rotatable bonds is 5. The van der Waals surface area contributed by atoms with Crippen molar-refractivity contribution in [3.8, 4) is 0 Å². The smallest absolute Gasteiger partial charge is 0.337 e. The minimum atomic E-state index is -3.11. The fourth-order valence-electron chi connectivity index (χ4n) is 1.43. The first-order valence-corrected chi connectivity index (χ1v) is 7.46. The Morgan fingerprint density at radius 1 is 1.61 bits per heavy atom. The molecule has 1 aromatic rings. The fraction of sp³-hybridized carbons (Fsp3) is 0.400. The molecule has 1 unspecified atom stereocenters. The van der Waals surface area contributed by atoms with Crippen molar-refractivity contribution in [3.63, 3.8) is 0 Å². The van der Waals surface area contributed by atoms with E-state index in [1.807, 2.05) is 0 Å². The molecular weight excluding hydrogens is 280 g/mol. The molecule has 0 bridgehead atoms. The number of aromatic nitrogens is 1. The minimum absolute atomic E-state index is 0.0313. The van der Waals surface area contributed by atoms with Gasteiger partial charge in [0.1, 0.15) is 15.7 Å². The molecule has 2 N–H and O–H groups in total. The summed E-state index contributed by atoms with van der Waals surface area (Å²) in [5.74, 6) is -0.964. The number of carbonyl (C=O) groups is 1. The quantitative estimate of drug-likeness (QED) is 0.848. The van der Waals surface area contributed by atoms with Crippen molar-refractivity contribution in [3.05, 3.63) is 22.8 Å². The van der Waals surface area contributed by atoms with E-state index >= 15 is 0 Å². The third-order valence-electron chi connectivity index (χ3n) is 2.03. The normalized spacial score (nSPS) is 13.1. The molecule has 0 fully saturated rings. The number of pyridine rings is 1. The van der Waals surface area contributed by atoms with Gasteiger partial charge in [0.15, 0.2) is 0 Å². The van der Waals surface area contributed by atoms with Crippen LogP contribution in [0.15, 0.2) is 12.3 Å². The van der Waals surface area contributed by atoms with Gasteiger partial charge in [0, 0.05) is 18.5 Å². The van der Waals surface area contributed by atoms with Gasteiger partial charge in [0.2, 0.25) is 0 Å². The highest BCUT2D eigenvalue weighted by Gasteiger charge is 2.14. The Hall–Kier alpha value is -1.34. The maximum Gasteiger partial charge on any atom is 0.337 e. The first-order chi connectivity index (χ1) is 8.19. The van der Waals surface area contributed by atoms with E-state index in [9.17, 15) is 13.2 Å². The van der Waals surface area contributed by atoms with Crippen LogP contribution in [0.4, 0.5) is 5.82 Å². The van der Waals surface area contributed by atoms with Crippen LogP contribution in [0.25, 0.3) is 0 Å². The molecule has 0 amide bonds. The average Bonchev–Trinajstić information content (AvgIpc) is 2.17. The van der Waals surface area contributed by atoms with E-state index in [1.165, 1.54) is 12.3 Å². The van der Waals surface area contributed by atoms with Gasteiger partial charge in [-0.25, -0.2) is 18.2 Å². The van der Waals surface area contributed by atoms with Gasteiger partial charge in [0.25, 0.3) is 0 Å². The van der Waals surface area contributed by atoms with Crippen LogP contribution in [-0.2, 0) is 9.84 Å². The molecule has 0 aliphatic rings. The van der Waals surface area contributed by atoms with Gasteiger partial charge < -0.3 is 10.4 Å². The molecule has 1 aromatic heterocycles. The Bertz CT molecular complexity index is 559. The monoisotopic (exact) mass is 292 g/mol. The molecular formula is C10H13ClN2O4S. The van der Waals surface area contributed by atoms with E-state index < -0.39 is 15.8 Å². The van der Waals surface area contributed by atoms with E-state index in [0.717, 1.165) is 6.26 Å². The highest BCUT2D eigenvalue weighted by atomic mass is 35.5. The SMILES string of the molecule is CC(CS(C)(=O)=O)Nc1cc(C(=O)O)c(Cl)cn1. The lowest BCUT2D eigenvalue weighted by Crippen LogP contribution is -2.25. The molecule has 1 atom stereocenters. The summed E-state index contributed by atoms with van der Waals surface area (Å²) in [6, 6.07) is 0.888. The van der Waals surface area contributed by atoms with Gasteiger partial charge in [0.05, 0.1) is 16.3 Å². The minimum Gasteiger partial charge on any atom is -0.478 e. The van der Waals surface area contributed by atoms with Crippen LogP contribution in [-0.4, -0.2) is 42.5 Å². The Labute approximate surface area is 110 Å². The van der Waals surface area contributed by atoms with Crippen molar-refractivity contribution in [1.82, 2.24) is 4.98 Å². The number of nitrogens with zero attached hydrogens (tertiary/aromatic N) is 1. The number of hydrogen-bond acceptors (Lipinski definition) is 5. The summed E-state index contributed by atoms with van der Waals surface area (Å²) in [6.07, 6.45) is 2.34. The summed E-state index contributed by atoms with van der Waals surface area (Å²) in [5.41, 5.74) is -0.0827. The number of carboxylic acid groups (broad SMARTS) is 1. The summed E-state index contributed by atoms with van der Waals surface area (Å²) >= 11 is 5.67. The highest BCUT2D eigenvalue weighted by molar-refractivity contribution is 7.90. The Morgan fingerprint density at radius 2 is 2.22 bits per heavy atom. The van der Waals surface area contributed by atoms with Crippen molar-refractivity contribution in [2.45, 2.75) is 13.0 Å². The maximum atomic E-state index is 11.1. The number of anilines is 1. The van der Waals surface area contributed by atoms with Crippen molar-refractivity contribution in [2.75, 3.05) is 17.3 Å². The van der Waals surface area contributed by atoms with Crippen molar-refractivity contribution in [2.24, 2.45) is 0 Å². The number of halogens is 1. The number of sulfone groups is 1.